The van der Waals surface area contributed by atoms with Gasteiger partial charge in [0.1, 0.15) is 11.6 Å². The van der Waals surface area contributed by atoms with Crippen molar-refractivity contribution < 1.29 is 29.2 Å². The van der Waals surface area contributed by atoms with E-state index in [4.69, 9.17) is 4.74 Å². The first kappa shape index (κ1) is 24.1. The standard InChI is InChI=1S/C23H26BrFO5/c1-13(2)19-12-20(24)23(30-3)22(14-4-6-15(25)7-5-14)18(19)9-8-16(26)10-17(27)11-21(28)29/h4-9,12-13,16-17,26-27H,10-11H2,1-3H3,(H,28,29)/p-1/b9-8+. The molecule has 0 spiro atoms. The Bertz CT molecular complexity index is 909. The molecule has 2 aromatic rings. The van der Waals surface area contributed by atoms with Gasteiger partial charge >= 0.3 is 0 Å². The maximum atomic E-state index is 13.5. The third-order valence-corrected chi connectivity index (χ3v) is 5.26. The molecule has 30 heavy (non-hydrogen) atoms. The number of carbonyl (C=O) groups is 1. The highest BCUT2D eigenvalue weighted by Gasteiger charge is 2.20. The van der Waals surface area contributed by atoms with E-state index in [-0.39, 0.29) is 18.2 Å². The summed E-state index contributed by atoms with van der Waals surface area (Å²) in [5, 5.41) is 30.6. The Morgan fingerprint density at radius 3 is 2.43 bits per heavy atom. The third kappa shape index (κ3) is 6.14. The number of ether oxygens (including phenoxy) is 1. The van der Waals surface area contributed by atoms with Crippen LogP contribution in [0, 0.1) is 5.82 Å². The number of halogens is 2. The number of methoxy groups -OCH3 is 1. The molecule has 2 unspecified atom stereocenters. The predicted octanol–water partition coefficient (Wildman–Crippen LogP) is 3.65. The summed E-state index contributed by atoms with van der Waals surface area (Å²) in [5.74, 6) is -1.03. The molecule has 0 saturated heterocycles. The van der Waals surface area contributed by atoms with Gasteiger partial charge in [0.15, 0.2) is 0 Å². The Labute approximate surface area is 184 Å². The highest BCUT2D eigenvalue weighted by atomic mass is 79.9. The number of rotatable bonds is 9. The molecule has 2 aromatic carbocycles. The lowest BCUT2D eigenvalue weighted by Gasteiger charge is -2.21. The van der Waals surface area contributed by atoms with Crippen LogP contribution in [0.15, 0.2) is 40.9 Å². The minimum absolute atomic E-state index is 0.131. The molecule has 0 aliphatic carbocycles. The molecule has 0 heterocycles. The Balaban J connectivity index is 2.55. The molecular weight excluding hydrogens is 455 g/mol. The van der Waals surface area contributed by atoms with Crippen molar-refractivity contribution in [3.05, 3.63) is 57.8 Å². The Hall–Kier alpha value is -2.22. The van der Waals surface area contributed by atoms with E-state index in [1.165, 1.54) is 18.2 Å². The second-order valence-corrected chi connectivity index (χ2v) is 8.18. The fourth-order valence-electron chi connectivity index (χ4n) is 3.27. The van der Waals surface area contributed by atoms with Crippen molar-refractivity contribution in [2.75, 3.05) is 7.11 Å². The molecule has 2 N–H and O–H groups in total. The first-order valence-corrected chi connectivity index (χ1v) is 10.3. The minimum atomic E-state index is -1.38. The average molecular weight is 480 g/mol. The zero-order chi connectivity index (χ0) is 22.4. The summed E-state index contributed by atoms with van der Waals surface area (Å²) in [6, 6.07) is 7.97. The number of carboxylic acids is 1. The van der Waals surface area contributed by atoms with Gasteiger partial charge in [-0.1, -0.05) is 38.1 Å². The number of aliphatic hydroxyl groups is 2. The lowest BCUT2D eigenvalue weighted by Crippen LogP contribution is -2.29. The van der Waals surface area contributed by atoms with E-state index in [2.05, 4.69) is 15.9 Å². The van der Waals surface area contributed by atoms with Crippen molar-refractivity contribution in [1.82, 2.24) is 0 Å². The van der Waals surface area contributed by atoms with Crippen molar-refractivity contribution in [3.8, 4) is 16.9 Å². The van der Waals surface area contributed by atoms with Crippen molar-refractivity contribution in [1.29, 1.82) is 0 Å². The number of benzene rings is 2. The van der Waals surface area contributed by atoms with Gasteiger partial charge < -0.3 is 24.9 Å². The average Bonchev–Trinajstić information content (AvgIpc) is 2.66. The topological polar surface area (TPSA) is 89.8 Å². The summed E-state index contributed by atoms with van der Waals surface area (Å²) in [7, 11) is 1.54. The largest absolute Gasteiger partial charge is 0.550 e. The van der Waals surface area contributed by atoms with Crippen molar-refractivity contribution in [3.63, 3.8) is 0 Å². The fourth-order valence-corrected chi connectivity index (χ4v) is 3.87. The van der Waals surface area contributed by atoms with Crippen molar-refractivity contribution >= 4 is 28.0 Å². The SMILES string of the molecule is COc1c(Br)cc(C(C)C)c(/C=C/C(O)CC(O)CC(=O)[O-])c1-c1ccc(F)cc1. The molecule has 0 saturated carbocycles. The smallest absolute Gasteiger partial charge is 0.141 e. The van der Waals surface area contributed by atoms with E-state index in [1.807, 2.05) is 19.9 Å². The van der Waals surface area contributed by atoms with Gasteiger partial charge in [-0.05, 0) is 56.7 Å². The number of aliphatic hydroxyl groups excluding tert-OH is 2. The molecule has 0 aromatic heterocycles. The number of hydrogen-bond donors (Lipinski definition) is 2. The molecule has 0 radical (unpaired) electrons. The second-order valence-electron chi connectivity index (χ2n) is 7.32. The lowest BCUT2D eigenvalue weighted by molar-refractivity contribution is -0.307. The summed E-state index contributed by atoms with van der Waals surface area (Å²) < 4.78 is 19.8. The van der Waals surface area contributed by atoms with Crippen LogP contribution >= 0.6 is 15.9 Å². The zero-order valence-corrected chi connectivity index (χ0v) is 18.6. The number of carboxylic acid groups (broad SMARTS) is 1. The van der Waals surface area contributed by atoms with Gasteiger partial charge in [-0.15, -0.1) is 0 Å². The zero-order valence-electron chi connectivity index (χ0n) is 17.1. The molecule has 0 bridgehead atoms. The molecule has 162 valence electrons. The third-order valence-electron chi connectivity index (χ3n) is 4.67. The Morgan fingerprint density at radius 2 is 1.90 bits per heavy atom. The van der Waals surface area contributed by atoms with Crippen LogP contribution in [0.2, 0.25) is 0 Å². The monoisotopic (exact) mass is 479 g/mol. The fraction of sp³-hybridized carbons (Fsp3) is 0.348. The maximum Gasteiger partial charge on any atom is 0.141 e. The molecule has 2 atom stereocenters. The van der Waals surface area contributed by atoms with Crippen LogP contribution in [-0.2, 0) is 4.79 Å². The second kappa shape index (κ2) is 10.7. The molecule has 5 nitrogen and oxygen atoms in total. The van der Waals surface area contributed by atoms with Gasteiger partial charge in [-0.3, -0.25) is 0 Å². The van der Waals surface area contributed by atoms with Crippen molar-refractivity contribution in [2.45, 2.75) is 44.8 Å². The summed E-state index contributed by atoms with van der Waals surface area (Å²) in [6.45, 7) is 4.06. The predicted molar refractivity (Wildman–Crippen MR) is 115 cm³/mol. The highest BCUT2D eigenvalue weighted by molar-refractivity contribution is 9.10. The number of hydrogen-bond acceptors (Lipinski definition) is 5. The van der Waals surface area contributed by atoms with Crippen LogP contribution in [0.1, 0.15) is 43.7 Å². The number of aliphatic carboxylic acids is 1. The Morgan fingerprint density at radius 1 is 1.27 bits per heavy atom. The first-order valence-electron chi connectivity index (χ1n) is 9.54. The molecular formula is C23H25BrFO5-. The van der Waals surface area contributed by atoms with E-state index in [0.29, 0.717) is 5.75 Å². The Kier molecular flexibility index (Phi) is 8.58. The lowest BCUT2D eigenvalue weighted by atomic mass is 9.88. The van der Waals surface area contributed by atoms with E-state index < -0.39 is 24.6 Å². The quantitative estimate of drug-likeness (QED) is 0.572. The number of carbonyl (C=O) groups excluding carboxylic acids is 1. The van der Waals surface area contributed by atoms with Crippen LogP contribution in [0.3, 0.4) is 0 Å². The van der Waals surface area contributed by atoms with Gasteiger partial charge in [-0.25, -0.2) is 4.39 Å². The maximum absolute atomic E-state index is 13.5. The molecule has 0 aliphatic heterocycles. The van der Waals surface area contributed by atoms with Crippen molar-refractivity contribution in [2.24, 2.45) is 0 Å². The van der Waals surface area contributed by atoms with E-state index in [0.717, 1.165) is 26.7 Å². The normalized spacial score (nSPS) is 13.6. The van der Waals surface area contributed by atoms with Crippen LogP contribution in [0.4, 0.5) is 4.39 Å². The summed E-state index contributed by atoms with van der Waals surface area (Å²) >= 11 is 3.54. The van der Waals surface area contributed by atoms with E-state index in [1.54, 1.807) is 25.3 Å². The highest BCUT2D eigenvalue weighted by Crippen LogP contribution is 2.43. The summed E-state index contributed by atoms with van der Waals surface area (Å²) in [5.41, 5.74) is 3.22. The van der Waals surface area contributed by atoms with Crippen LogP contribution in [0.5, 0.6) is 5.75 Å². The van der Waals surface area contributed by atoms with Gasteiger partial charge in [0.25, 0.3) is 0 Å². The molecule has 0 fully saturated rings. The van der Waals surface area contributed by atoms with Crippen LogP contribution in [-0.4, -0.2) is 35.5 Å². The van der Waals surface area contributed by atoms with Gasteiger partial charge in [-0.2, -0.15) is 0 Å². The first-order chi connectivity index (χ1) is 14.1. The summed E-state index contributed by atoms with van der Waals surface area (Å²) in [4.78, 5) is 10.6. The van der Waals surface area contributed by atoms with Gasteiger partial charge in [0.05, 0.1) is 23.8 Å². The van der Waals surface area contributed by atoms with E-state index in [9.17, 15) is 24.5 Å². The van der Waals surface area contributed by atoms with Crippen LogP contribution < -0.4 is 9.84 Å². The van der Waals surface area contributed by atoms with Gasteiger partial charge in [0.2, 0.25) is 0 Å². The van der Waals surface area contributed by atoms with Gasteiger partial charge in [0, 0.05) is 24.4 Å². The molecule has 0 aliphatic rings. The minimum Gasteiger partial charge on any atom is -0.550 e. The molecule has 0 amide bonds. The summed E-state index contributed by atoms with van der Waals surface area (Å²) in [6.07, 6.45) is 0.264. The van der Waals surface area contributed by atoms with Crippen LogP contribution in [0.25, 0.3) is 17.2 Å². The molecule has 2 rings (SSSR count). The van der Waals surface area contributed by atoms with E-state index >= 15 is 0 Å². The molecule has 7 heteroatoms.